The summed E-state index contributed by atoms with van der Waals surface area (Å²) in [5.74, 6) is -4.63. The van der Waals surface area contributed by atoms with Gasteiger partial charge < -0.3 is 14.6 Å². The van der Waals surface area contributed by atoms with Crippen LogP contribution in [-0.2, 0) is 31.1 Å². The van der Waals surface area contributed by atoms with Gasteiger partial charge in [-0.3, -0.25) is 29.5 Å². The Bertz CT molecular complexity index is 2160. The van der Waals surface area contributed by atoms with Crippen LogP contribution in [0.2, 0.25) is 10.0 Å². The van der Waals surface area contributed by atoms with Gasteiger partial charge in [0.15, 0.2) is 11.5 Å². The van der Waals surface area contributed by atoms with Crippen LogP contribution in [0.4, 0.5) is 5.69 Å². The zero-order valence-electron chi connectivity index (χ0n) is 28.0. The molecule has 0 spiro atoms. The van der Waals surface area contributed by atoms with E-state index in [-0.39, 0.29) is 47.7 Å². The van der Waals surface area contributed by atoms with Crippen molar-refractivity contribution in [2.45, 2.75) is 30.7 Å². The molecule has 3 aromatic carbocycles. The lowest BCUT2D eigenvalue weighted by molar-refractivity contribution is -0.141. The third kappa shape index (κ3) is 5.12. The number of likely N-dealkylation sites (tertiary alicyclic amines) is 1. The van der Waals surface area contributed by atoms with Crippen molar-refractivity contribution in [3.05, 3.63) is 116 Å². The summed E-state index contributed by atoms with van der Waals surface area (Å²) in [7, 11) is 2.99. The third-order valence-electron chi connectivity index (χ3n) is 11.1. The van der Waals surface area contributed by atoms with Crippen molar-refractivity contribution in [1.82, 2.24) is 9.91 Å². The minimum atomic E-state index is -1.55. The number of allylic oxidation sites excluding steroid dienone is 2. The average molecular weight is 759 g/mol. The van der Waals surface area contributed by atoms with Crippen molar-refractivity contribution in [3.63, 3.8) is 0 Å². The number of halogens is 2. The summed E-state index contributed by atoms with van der Waals surface area (Å²) < 4.78 is 10.8. The van der Waals surface area contributed by atoms with Gasteiger partial charge in [-0.05, 0) is 83.8 Å². The highest BCUT2D eigenvalue weighted by atomic mass is 35.5. The van der Waals surface area contributed by atoms with Gasteiger partial charge in [-0.2, -0.15) is 5.01 Å². The first-order valence-corrected chi connectivity index (χ1v) is 18.4. The van der Waals surface area contributed by atoms with Crippen molar-refractivity contribution < 1.29 is 33.8 Å². The molecule has 2 N–H and O–H groups in total. The number of aromatic hydroxyl groups is 1. The molecule has 8 rings (SSSR count). The van der Waals surface area contributed by atoms with Crippen LogP contribution in [0.1, 0.15) is 34.8 Å². The molecule has 13 heteroatoms. The van der Waals surface area contributed by atoms with E-state index in [2.05, 4.69) is 5.43 Å². The number of phenols is 1. The summed E-state index contributed by atoms with van der Waals surface area (Å²) in [5, 5.41) is 14.6. The lowest BCUT2D eigenvalue weighted by Crippen LogP contribution is -2.53. The van der Waals surface area contributed by atoms with Gasteiger partial charge in [-0.25, -0.2) is 0 Å². The van der Waals surface area contributed by atoms with Crippen LogP contribution in [0.15, 0.2) is 89.8 Å². The maximum atomic E-state index is 15.3. The van der Waals surface area contributed by atoms with Crippen LogP contribution < -0.4 is 14.9 Å². The molecular formula is C39H33Cl2N3O7S. The third-order valence-corrected chi connectivity index (χ3v) is 12.5. The Labute approximate surface area is 313 Å². The molecule has 52 heavy (non-hydrogen) atoms. The van der Waals surface area contributed by atoms with E-state index in [1.807, 2.05) is 23.6 Å². The van der Waals surface area contributed by atoms with Gasteiger partial charge >= 0.3 is 0 Å². The van der Waals surface area contributed by atoms with Crippen molar-refractivity contribution >= 4 is 63.9 Å². The molecule has 2 aliphatic heterocycles. The Kier molecular flexibility index (Phi) is 8.55. The fourth-order valence-electron chi connectivity index (χ4n) is 8.88. The number of nitrogens with one attached hydrogen (secondary N) is 1. The SMILES string of the molecule is COc1ccc(C23C(=O)N(Nc4ccc(Cl)cc4Cl)C(=O)C2CC2C(=CCC4C(=O)N(Cc5cccs5)C(=O)C42)C3c2ccc(OC)c(O)c2)cc1. The Balaban J connectivity index is 1.32. The van der Waals surface area contributed by atoms with E-state index in [0.717, 1.165) is 15.5 Å². The van der Waals surface area contributed by atoms with E-state index in [1.165, 1.54) is 29.4 Å². The molecule has 3 fully saturated rings. The van der Waals surface area contributed by atoms with Crippen LogP contribution in [-0.4, -0.2) is 52.9 Å². The second-order valence-corrected chi connectivity index (χ2v) is 15.4. The lowest BCUT2D eigenvalue weighted by atomic mass is 9.49. The molecule has 4 amide bonds. The monoisotopic (exact) mass is 757 g/mol. The number of phenolic OH excluding ortho intramolecular Hbond substituents is 1. The molecule has 6 atom stereocenters. The van der Waals surface area contributed by atoms with E-state index in [9.17, 15) is 19.5 Å². The zero-order chi connectivity index (χ0) is 36.5. The Morgan fingerprint density at radius 3 is 2.38 bits per heavy atom. The van der Waals surface area contributed by atoms with E-state index in [1.54, 1.807) is 61.7 Å². The average Bonchev–Trinajstić information content (AvgIpc) is 3.81. The second kappa shape index (κ2) is 13.0. The number of carbonyl (C=O) groups is 4. The number of thiophene rings is 1. The normalized spacial score (nSPS) is 26.5. The molecule has 3 heterocycles. The number of anilines is 1. The molecule has 2 saturated heterocycles. The minimum absolute atomic E-state index is 0.126. The van der Waals surface area contributed by atoms with Crippen LogP contribution >= 0.6 is 34.5 Å². The highest BCUT2D eigenvalue weighted by Gasteiger charge is 2.70. The van der Waals surface area contributed by atoms with Crippen LogP contribution in [0.5, 0.6) is 17.2 Å². The molecule has 10 nitrogen and oxygen atoms in total. The van der Waals surface area contributed by atoms with Crippen molar-refractivity contribution in [2.75, 3.05) is 19.6 Å². The van der Waals surface area contributed by atoms with Crippen molar-refractivity contribution in [1.29, 1.82) is 0 Å². The first kappa shape index (κ1) is 34.3. The van der Waals surface area contributed by atoms with Gasteiger partial charge in [0.25, 0.3) is 11.8 Å². The van der Waals surface area contributed by atoms with Gasteiger partial charge in [0, 0.05) is 15.8 Å². The van der Waals surface area contributed by atoms with Crippen molar-refractivity contribution in [2.24, 2.45) is 23.7 Å². The van der Waals surface area contributed by atoms with Gasteiger partial charge in [0.05, 0.1) is 54.6 Å². The highest BCUT2D eigenvalue weighted by Crippen LogP contribution is 2.64. The van der Waals surface area contributed by atoms with E-state index < -0.39 is 46.8 Å². The number of nitrogens with zero attached hydrogens (tertiary/aromatic N) is 2. The summed E-state index contributed by atoms with van der Waals surface area (Å²) in [6, 6.07) is 20.5. The number of rotatable bonds is 8. The molecule has 4 aliphatic rings. The predicted molar refractivity (Wildman–Crippen MR) is 195 cm³/mol. The molecule has 0 radical (unpaired) electrons. The number of hydrogen-bond donors (Lipinski definition) is 2. The molecule has 1 aromatic heterocycles. The first-order valence-electron chi connectivity index (χ1n) is 16.8. The number of fused-ring (bicyclic) bond motifs is 4. The molecule has 1 saturated carbocycles. The maximum absolute atomic E-state index is 15.3. The number of carbonyl (C=O) groups excluding carboxylic acids is 4. The van der Waals surface area contributed by atoms with Crippen molar-refractivity contribution in [3.8, 4) is 17.2 Å². The number of imide groups is 2. The quantitative estimate of drug-likeness (QED) is 0.146. The number of methoxy groups -OCH3 is 2. The number of amides is 4. The van der Waals surface area contributed by atoms with Gasteiger partial charge in [-0.15, -0.1) is 11.3 Å². The predicted octanol–water partition coefficient (Wildman–Crippen LogP) is 6.96. The minimum Gasteiger partial charge on any atom is -0.504 e. The summed E-state index contributed by atoms with van der Waals surface area (Å²) >= 11 is 14.2. The first-order chi connectivity index (χ1) is 25.1. The molecule has 2 aliphatic carbocycles. The van der Waals surface area contributed by atoms with E-state index in [0.29, 0.717) is 27.6 Å². The van der Waals surface area contributed by atoms with Gasteiger partial charge in [-0.1, -0.05) is 59.1 Å². The van der Waals surface area contributed by atoms with Gasteiger partial charge in [0.2, 0.25) is 11.8 Å². The molecule has 266 valence electrons. The summed E-state index contributed by atoms with van der Waals surface area (Å²) in [5.41, 5.74) is 3.61. The summed E-state index contributed by atoms with van der Waals surface area (Å²) in [6.07, 6.45) is 2.39. The summed E-state index contributed by atoms with van der Waals surface area (Å²) in [4.78, 5) is 60.7. The fourth-order valence-corrected chi connectivity index (χ4v) is 10.0. The standard InChI is InChI=1S/C39H33Cl2N3O7S/c1-50-23-9-6-21(7-10-23)39-28(36(47)44(38(39)49)42-30-13-8-22(40)17-29(30)41)18-27-25(34(39)20-5-14-32(51-2)31(45)16-20)11-12-26-33(27)37(48)43(35(26)46)19-24-4-3-15-52-24/h3-11,13-17,26-28,33-34,42,45H,12,18-19H2,1-2H3. The smallest absolute Gasteiger partial charge is 0.260 e. The number of ether oxygens (including phenoxy) is 2. The van der Waals surface area contributed by atoms with Crippen LogP contribution in [0, 0.1) is 23.7 Å². The van der Waals surface area contributed by atoms with E-state index in [4.69, 9.17) is 32.7 Å². The molecular weight excluding hydrogens is 725 g/mol. The number of hydrazine groups is 1. The zero-order valence-corrected chi connectivity index (χ0v) is 30.4. The summed E-state index contributed by atoms with van der Waals surface area (Å²) in [6.45, 7) is 0.177. The number of hydrogen-bond acceptors (Lipinski definition) is 9. The topological polar surface area (TPSA) is 125 Å². The molecule has 0 bridgehead atoms. The van der Waals surface area contributed by atoms with E-state index >= 15 is 4.79 Å². The molecule has 4 aromatic rings. The Morgan fingerprint density at radius 1 is 0.923 bits per heavy atom. The maximum Gasteiger partial charge on any atom is 0.260 e. The lowest BCUT2D eigenvalue weighted by Gasteiger charge is -2.50. The molecule has 6 unspecified atom stereocenters. The van der Waals surface area contributed by atoms with Gasteiger partial charge in [0.1, 0.15) is 5.75 Å². The Morgan fingerprint density at radius 2 is 1.71 bits per heavy atom. The number of benzene rings is 3. The fraction of sp³-hybridized carbons (Fsp3) is 0.282. The highest BCUT2D eigenvalue weighted by molar-refractivity contribution is 7.09. The Hall–Kier alpha value is -4.84. The van der Waals surface area contributed by atoms with Crippen LogP contribution in [0.3, 0.4) is 0 Å². The second-order valence-electron chi connectivity index (χ2n) is 13.5. The van der Waals surface area contributed by atoms with Crippen LogP contribution in [0.25, 0.3) is 0 Å². The largest absolute Gasteiger partial charge is 0.504 e.